The van der Waals surface area contributed by atoms with Crippen molar-refractivity contribution in [3.63, 3.8) is 0 Å². The van der Waals surface area contributed by atoms with Crippen LogP contribution in [-0.2, 0) is 9.53 Å². The molecule has 0 amide bonds. The molecule has 124 valence electrons. The number of rotatable bonds is 4. The molecule has 0 bridgehead atoms. The number of aliphatic imine (C=N–C) groups is 2. The summed E-state index contributed by atoms with van der Waals surface area (Å²) >= 11 is 0. The van der Waals surface area contributed by atoms with E-state index in [1.165, 1.54) is 0 Å². The fourth-order valence-corrected chi connectivity index (χ4v) is 2.20. The van der Waals surface area contributed by atoms with Crippen LogP contribution in [0.1, 0.15) is 13.3 Å². The van der Waals surface area contributed by atoms with E-state index >= 15 is 0 Å². The van der Waals surface area contributed by atoms with Gasteiger partial charge in [-0.15, -0.1) is 0 Å². The van der Waals surface area contributed by atoms with Crippen molar-refractivity contribution in [2.24, 2.45) is 21.0 Å². The highest BCUT2D eigenvalue weighted by Crippen LogP contribution is 2.20. The first-order valence-electron chi connectivity index (χ1n) is 7.71. The normalized spacial score (nSPS) is 21.0. The zero-order chi connectivity index (χ0) is 16.7. The number of hydrazone groups is 1. The van der Waals surface area contributed by atoms with Crippen LogP contribution in [0.15, 0.2) is 39.0 Å². The molecule has 1 atom stereocenters. The summed E-state index contributed by atoms with van der Waals surface area (Å²) in [6.07, 6.45) is 9.93. The highest BCUT2D eigenvalue weighted by Gasteiger charge is 2.31. The number of carbonyl (C=O) groups is 1. The molecule has 0 radical (unpaired) electrons. The van der Waals surface area contributed by atoms with E-state index in [2.05, 4.69) is 15.1 Å². The summed E-state index contributed by atoms with van der Waals surface area (Å²) in [6.45, 7) is 3.43. The van der Waals surface area contributed by atoms with E-state index in [-0.39, 0.29) is 5.97 Å². The number of hydrogen-bond acceptors (Lipinski definition) is 6. The first-order chi connectivity index (χ1) is 11.1. The second-order valence-corrected chi connectivity index (χ2v) is 5.40. The van der Waals surface area contributed by atoms with Crippen molar-refractivity contribution >= 4 is 24.4 Å². The van der Waals surface area contributed by atoms with Crippen molar-refractivity contribution in [1.82, 2.24) is 9.91 Å². The summed E-state index contributed by atoms with van der Waals surface area (Å²) in [4.78, 5) is 22.6. The van der Waals surface area contributed by atoms with Crippen LogP contribution in [0.2, 0.25) is 0 Å². The van der Waals surface area contributed by atoms with Crippen molar-refractivity contribution in [3.05, 3.63) is 23.9 Å². The average molecular weight is 317 g/mol. The summed E-state index contributed by atoms with van der Waals surface area (Å²) in [5, 5.41) is 6.37. The van der Waals surface area contributed by atoms with Gasteiger partial charge in [-0.1, -0.05) is 12.2 Å². The number of hydrogen-bond donors (Lipinski definition) is 0. The molecule has 23 heavy (non-hydrogen) atoms. The van der Waals surface area contributed by atoms with Crippen molar-refractivity contribution in [3.8, 4) is 0 Å². The first-order valence-corrected chi connectivity index (χ1v) is 7.71. The van der Waals surface area contributed by atoms with Gasteiger partial charge in [0.25, 0.3) is 0 Å². The van der Waals surface area contributed by atoms with Gasteiger partial charge in [0.1, 0.15) is 5.92 Å². The van der Waals surface area contributed by atoms with Gasteiger partial charge >= 0.3 is 5.97 Å². The van der Waals surface area contributed by atoms with Gasteiger partial charge in [-0.3, -0.25) is 14.8 Å². The molecule has 0 saturated carbocycles. The third-order valence-corrected chi connectivity index (χ3v) is 3.29. The van der Waals surface area contributed by atoms with Crippen LogP contribution in [0.3, 0.4) is 0 Å². The molecule has 0 aliphatic carbocycles. The Morgan fingerprint density at radius 2 is 2.39 bits per heavy atom. The van der Waals surface area contributed by atoms with Crippen LogP contribution in [0.5, 0.6) is 0 Å². The predicted octanol–water partition coefficient (Wildman–Crippen LogP) is 1.30. The molecule has 0 N–H and O–H groups in total. The molecule has 7 nitrogen and oxygen atoms in total. The predicted molar refractivity (Wildman–Crippen MR) is 91.6 cm³/mol. The maximum atomic E-state index is 12.1. The number of esters is 1. The van der Waals surface area contributed by atoms with Gasteiger partial charge < -0.3 is 9.64 Å². The second-order valence-electron chi connectivity index (χ2n) is 5.40. The number of nitrogens with zero attached hydrogens (tertiary/aromatic N) is 5. The molecule has 2 rings (SSSR count). The van der Waals surface area contributed by atoms with E-state index in [1.54, 1.807) is 24.4 Å². The summed E-state index contributed by atoms with van der Waals surface area (Å²) in [7, 11) is 3.74. The maximum absolute atomic E-state index is 12.1. The highest BCUT2D eigenvalue weighted by atomic mass is 16.5. The molecule has 0 spiro atoms. The Bertz CT molecular complexity index is 575. The quantitative estimate of drug-likeness (QED) is 0.445. The van der Waals surface area contributed by atoms with E-state index in [4.69, 9.17) is 4.74 Å². The van der Waals surface area contributed by atoms with Gasteiger partial charge in [0.2, 0.25) is 0 Å². The monoisotopic (exact) mass is 317 g/mol. The zero-order valence-corrected chi connectivity index (χ0v) is 13.8. The molecule has 2 heterocycles. The fraction of sp³-hybridized carbons (Fsp3) is 0.500. The second kappa shape index (κ2) is 8.26. The minimum absolute atomic E-state index is 0.273. The molecule has 0 aromatic rings. The van der Waals surface area contributed by atoms with Crippen LogP contribution in [0.4, 0.5) is 0 Å². The van der Waals surface area contributed by atoms with E-state index in [9.17, 15) is 4.79 Å². The minimum Gasteiger partial charge on any atom is -0.465 e. The third kappa shape index (κ3) is 4.77. The standard InChI is InChI=1S/C16H23N5O2/c1-4-23-16(22)14-8-10-21(13-7-5-6-9-17-11-13)19-15(14)18-12-20(2)3/h5-7,11-12,14H,4,8-10H2,1-3H3. The maximum Gasteiger partial charge on any atom is 0.316 e. The molecule has 1 unspecified atom stereocenters. The number of allylic oxidation sites excluding steroid dienone is 3. The molecule has 0 aromatic carbocycles. The molecular formula is C16H23N5O2. The smallest absolute Gasteiger partial charge is 0.316 e. The van der Waals surface area contributed by atoms with E-state index < -0.39 is 5.92 Å². The van der Waals surface area contributed by atoms with E-state index in [0.29, 0.717) is 32.0 Å². The largest absolute Gasteiger partial charge is 0.465 e. The third-order valence-electron chi connectivity index (χ3n) is 3.29. The van der Waals surface area contributed by atoms with Gasteiger partial charge in [0.05, 0.1) is 25.2 Å². The van der Waals surface area contributed by atoms with Crippen molar-refractivity contribution in [1.29, 1.82) is 0 Å². The fourth-order valence-electron chi connectivity index (χ4n) is 2.20. The minimum atomic E-state index is -0.429. The summed E-state index contributed by atoms with van der Waals surface area (Å²) in [6, 6.07) is 0. The van der Waals surface area contributed by atoms with Crippen LogP contribution in [0, 0.1) is 5.92 Å². The van der Waals surface area contributed by atoms with Crippen LogP contribution in [0.25, 0.3) is 0 Å². The Morgan fingerprint density at radius 3 is 3.13 bits per heavy atom. The van der Waals surface area contributed by atoms with Crippen molar-refractivity contribution < 1.29 is 9.53 Å². The van der Waals surface area contributed by atoms with Crippen molar-refractivity contribution in [2.75, 3.05) is 33.8 Å². The van der Waals surface area contributed by atoms with E-state index in [0.717, 1.165) is 5.70 Å². The lowest BCUT2D eigenvalue weighted by atomic mass is 10.0. The zero-order valence-electron chi connectivity index (χ0n) is 13.8. The molecular weight excluding hydrogens is 294 g/mol. The lowest BCUT2D eigenvalue weighted by molar-refractivity contribution is -0.146. The van der Waals surface area contributed by atoms with Gasteiger partial charge in [0.15, 0.2) is 5.84 Å². The Labute approximate surface area is 136 Å². The topological polar surface area (TPSA) is 69.9 Å². The van der Waals surface area contributed by atoms with E-state index in [1.807, 2.05) is 37.3 Å². The van der Waals surface area contributed by atoms with Crippen LogP contribution in [-0.4, -0.2) is 68.1 Å². The van der Waals surface area contributed by atoms with Gasteiger partial charge in [-0.05, 0) is 19.4 Å². The Kier molecular flexibility index (Phi) is 6.08. The summed E-state index contributed by atoms with van der Waals surface area (Å²) in [5.41, 5.74) is 0.888. The first kappa shape index (κ1) is 16.9. The summed E-state index contributed by atoms with van der Waals surface area (Å²) < 4.78 is 5.14. The molecule has 2 aliphatic heterocycles. The van der Waals surface area contributed by atoms with Crippen molar-refractivity contribution in [2.45, 2.75) is 13.3 Å². The average Bonchev–Trinajstić information content (AvgIpc) is 2.82. The molecule has 0 aromatic heterocycles. The molecule has 2 aliphatic rings. The van der Waals surface area contributed by atoms with Crippen LogP contribution >= 0.6 is 0 Å². The van der Waals surface area contributed by atoms with Gasteiger partial charge in [-0.2, -0.15) is 5.10 Å². The van der Waals surface area contributed by atoms with Gasteiger partial charge in [-0.25, -0.2) is 4.99 Å². The SMILES string of the molecule is CCOC(=O)C1CCN(C2=CC=CCN=C2)N=C1N=CN(C)C. The molecule has 7 heteroatoms. The van der Waals surface area contributed by atoms with Crippen LogP contribution < -0.4 is 0 Å². The highest BCUT2D eigenvalue weighted by molar-refractivity contribution is 6.04. The number of ether oxygens (including phenoxy) is 1. The molecule has 0 fully saturated rings. The Hall–Kier alpha value is -2.44. The lowest BCUT2D eigenvalue weighted by Crippen LogP contribution is -2.36. The Balaban J connectivity index is 2.26. The molecule has 0 saturated heterocycles. The summed E-state index contributed by atoms with van der Waals surface area (Å²) in [5.74, 6) is -0.239. The van der Waals surface area contributed by atoms with Gasteiger partial charge in [0, 0.05) is 26.9 Å². The lowest BCUT2D eigenvalue weighted by Gasteiger charge is -2.28. The Morgan fingerprint density at radius 1 is 1.57 bits per heavy atom. The number of amidine groups is 1. The number of carbonyl (C=O) groups excluding carboxylic acids is 1.